The average molecular weight is 530 g/mol. The summed E-state index contributed by atoms with van der Waals surface area (Å²) in [7, 11) is 0. The summed E-state index contributed by atoms with van der Waals surface area (Å²) < 4.78 is 26.4. The third kappa shape index (κ3) is 9.51. The molecule has 2 aromatic rings. The maximum atomic E-state index is 12.6. The van der Waals surface area contributed by atoms with E-state index in [4.69, 9.17) is 29.4 Å². The molecule has 0 amide bonds. The van der Waals surface area contributed by atoms with E-state index >= 15 is 0 Å². The summed E-state index contributed by atoms with van der Waals surface area (Å²) in [5.74, 6) is -2.08. The number of hydrogen-bond acceptors (Lipinski definition) is 10. The summed E-state index contributed by atoms with van der Waals surface area (Å²) in [5, 5.41) is 0. The summed E-state index contributed by atoms with van der Waals surface area (Å²) in [4.78, 5) is 48.9. The Kier molecular flexibility index (Phi) is 11.3. The van der Waals surface area contributed by atoms with Crippen LogP contribution in [-0.2, 0) is 30.3 Å². The minimum absolute atomic E-state index is 0.0431. The van der Waals surface area contributed by atoms with Crippen LogP contribution in [0.25, 0.3) is 0 Å². The van der Waals surface area contributed by atoms with Crippen molar-refractivity contribution in [3.63, 3.8) is 0 Å². The quantitative estimate of drug-likeness (QED) is 0.256. The molecule has 10 heteroatoms. The van der Waals surface area contributed by atoms with Crippen molar-refractivity contribution in [1.29, 1.82) is 0 Å². The SMILES string of the molecule is CC(C)C(=O)Oc1ccc(C[C@H](N)C(=O)O[C@@H](C)[C@H](C)OC(=O)Oc2ccccc2)cc1OC(=O)C(C)C. The second-order valence-electron chi connectivity index (χ2n) is 9.37. The Morgan fingerprint density at radius 3 is 1.82 bits per heavy atom. The van der Waals surface area contributed by atoms with Crippen LogP contribution >= 0.6 is 0 Å². The fourth-order valence-electron chi connectivity index (χ4n) is 2.86. The Bertz CT molecular complexity index is 1110. The molecular formula is C28H35NO9. The van der Waals surface area contributed by atoms with E-state index in [0.717, 1.165) is 0 Å². The predicted molar refractivity (Wildman–Crippen MR) is 138 cm³/mol. The minimum Gasteiger partial charge on any atom is -0.458 e. The molecule has 0 fully saturated rings. The van der Waals surface area contributed by atoms with Crippen molar-refractivity contribution in [2.24, 2.45) is 17.6 Å². The predicted octanol–water partition coefficient (Wildman–Crippen LogP) is 4.22. The van der Waals surface area contributed by atoms with Crippen molar-refractivity contribution in [2.45, 2.75) is 66.2 Å². The van der Waals surface area contributed by atoms with Crippen molar-refractivity contribution < 1.29 is 42.9 Å². The molecule has 10 nitrogen and oxygen atoms in total. The first kappa shape index (κ1) is 30.3. The number of rotatable bonds is 11. The summed E-state index contributed by atoms with van der Waals surface area (Å²) in [6.07, 6.45) is -2.50. The van der Waals surface area contributed by atoms with Gasteiger partial charge in [0.05, 0.1) is 11.8 Å². The fourth-order valence-corrected chi connectivity index (χ4v) is 2.86. The van der Waals surface area contributed by atoms with Gasteiger partial charge in [-0.15, -0.1) is 0 Å². The Balaban J connectivity index is 2.01. The second-order valence-corrected chi connectivity index (χ2v) is 9.37. The van der Waals surface area contributed by atoms with E-state index < -0.39 is 48.2 Å². The van der Waals surface area contributed by atoms with E-state index in [0.29, 0.717) is 11.3 Å². The number of ether oxygens (including phenoxy) is 5. The van der Waals surface area contributed by atoms with Crippen LogP contribution in [0.15, 0.2) is 48.5 Å². The van der Waals surface area contributed by atoms with Crippen LogP contribution in [0, 0.1) is 11.8 Å². The largest absolute Gasteiger partial charge is 0.514 e. The smallest absolute Gasteiger partial charge is 0.458 e. The fraction of sp³-hybridized carbons (Fsp3) is 0.429. The molecule has 0 aliphatic carbocycles. The van der Waals surface area contributed by atoms with Gasteiger partial charge >= 0.3 is 24.1 Å². The monoisotopic (exact) mass is 529 g/mol. The van der Waals surface area contributed by atoms with Crippen molar-refractivity contribution in [3.8, 4) is 17.2 Å². The molecule has 2 aromatic carbocycles. The van der Waals surface area contributed by atoms with E-state index in [1.165, 1.54) is 12.1 Å². The summed E-state index contributed by atoms with van der Waals surface area (Å²) in [6.45, 7) is 9.82. The van der Waals surface area contributed by atoms with Gasteiger partial charge in [0.15, 0.2) is 11.5 Å². The molecule has 0 saturated heterocycles. The molecule has 0 aliphatic rings. The maximum absolute atomic E-state index is 12.6. The van der Waals surface area contributed by atoms with Crippen LogP contribution in [0.4, 0.5) is 4.79 Å². The van der Waals surface area contributed by atoms with E-state index in [1.807, 2.05) is 0 Å². The highest BCUT2D eigenvalue weighted by Gasteiger charge is 2.26. The van der Waals surface area contributed by atoms with Gasteiger partial charge in [0, 0.05) is 0 Å². The lowest BCUT2D eigenvalue weighted by atomic mass is 10.1. The third-order valence-electron chi connectivity index (χ3n) is 5.32. The zero-order valence-electron chi connectivity index (χ0n) is 22.5. The first-order valence-corrected chi connectivity index (χ1v) is 12.3. The van der Waals surface area contributed by atoms with Crippen molar-refractivity contribution in [3.05, 3.63) is 54.1 Å². The first-order valence-electron chi connectivity index (χ1n) is 12.3. The zero-order chi connectivity index (χ0) is 28.4. The topological polar surface area (TPSA) is 140 Å². The Morgan fingerprint density at radius 2 is 1.24 bits per heavy atom. The maximum Gasteiger partial charge on any atom is 0.514 e. The molecule has 0 aliphatic heterocycles. The lowest BCUT2D eigenvalue weighted by Crippen LogP contribution is -2.39. The van der Waals surface area contributed by atoms with Crippen molar-refractivity contribution in [2.75, 3.05) is 0 Å². The molecule has 2 N–H and O–H groups in total. The number of hydrogen-bond donors (Lipinski definition) is 1. The molecule has 0 bridgehead atoms. The van der Waals surface area contributed by atoms with Gasteiger partial charge in [0.25, 0.3) is 0 Å². The van der Waals surface area contributed by atoms with Gasteiger partial charge in [-0.2, -0.15) is 0 Å². The molecule has 0 aromatic heterocycles. The molecule has 38 heavy (non-hydrogen) atoms. The molecule has 0 spiro atoms. The van der Waals surface area contributed by atoms with Crippen molar-refractivity contribution in [1.82, 2.24) is 0 Å². The van der Waals surface area contributed by atoms with E-state index in [1.54, 1.807) is 77.9 Å². The van der Waals surface area contributed by atoms with E-state index in [2.05, 4.69) is 0 Å². The number of benzene rings is 2. The molecule has 206 valence electrons. The Morgan fingerprint density at radius 1 is 0.684 bits per heavy atom. The first-order chi connectivity index (χ1) is 17.9. The van der Waals surface area contributed by atoms with Gasteiger partial charge in [-0.1, -0.05) is 52.0 Å². The van der Waals surface area contributed by atoms with Gasteiger partial charge < -0.3 is 29.4 Å². The van der Waals surface area contributed by atoms with Crippen LogP contribution in [0.5, 0.6) is 17.2 Å². The Labute approximate surface area is 222 Å². The second kappa shape index (κ2) is 14.1. The van der Waals surface area contributed by atoms with E-state index in [9.17, 15) is 19.2 Å². The average Bonchev–Trinajstić information content (AvgIpc) is 2.85. The van der Waals surface area contributed by atoms with Crippen molar-refractivity contribution >= 4 is 24.1 Å². The molecular weight excluding hydrogens is 494 g/mol. The van der Waals surface area contributed by atoms with Gasteiger partial charge in [-0.25, -0.2) is 4.79 Å². The number of nitrogens with two attached hydrogens (primary N) is 1. The molecule has 0 heterocycles. The highest BCUT2D eigenvalue weighted by atomic mass is 16.7. The van der Waals surface area contributed by atoms with Crippen LogP contribution in [0.3, 0.4) is 0 Å². The molecule has 3 atom stereocenters. The van der Waals surface area contributed by atoms with Crippen LogP contribution in [-0.4, -0.2) is 42.3 Å². The third-order valence-corrected chi connectivity index (χ3v) is 5.32. The highest BCUT2D eigenvalue weighted by molar-refractivity contribution is 5.78. The summed E-state index contributed by atoms with van der Waals surface area (Å²) >= 11 is 0. The standard InChI is InChI=1S/C28H35NO9/c1-16(2)25(30)37-23-13-12-20(15-24(23)38-26(31)17(3)4)14-22(29)27(32)34-18(5)19(6)35-28(33)36-21-10-8-7-9-11-21/h7-13,15-19,22H,14,29H2,1-6H3/t18-,19-,22-/m0/s1. The van der Waals surface area contributed by atoms with Gasteiger partial charge in [0.1, 0.15) is 24.0 Å². The minimum atomic E-state index is -1.07. The molecule has 2 rings (SSSR count). The molecule has 0 saturated carbocycles. The summed E-state index contributed by atoms with van der Waals surface area (Å²) in [5.41, 5.74) is 6.61. The van der Waals surface area contributed by atoms with Crippen LogP contribution in [0.1, 0.15) is 47.1 Å². The number of para-hydroxylation sites is 1. The highest BCUT2D eigenvalue weighted by Crippen LogP contribution is 2.30. The van der Waals surface area contributed by atoms with Gasteiger partial charge in [-0.3, -0.25) is 14.4 Å². The summed E-state index contributed by atoms with van der Waals surface area (Å²) in [6, 6.07) is 11.9. The van der Waals surface area contributed by atoms with Crippen LogP contribution < -0.4 is 19.9 Å². The van der Waals surface area contributed by atoms with Gasteiger partial charge in [-0.05, 0) is 50.1 Å². The lowest BCUT2D eigenvalue weighted by Gasteiger charge is -2.22. The molecule has 0 unspecified atom stereocenters. The number of carbonyl (C=O) groups is 4. The zero-order valence-corrected chi connectivity index (χ0v) is 22.5. The lowest BCUT2D eigenvalue weighted by molar-refractivity contribution is -0.155. The normalized spacial score (nSPS) is 13.3. The van der Waals surface area contributed by atoms with Gasteiger partial charge in [0.2, 0.25) is 0 Å². The number of esters is 3. The van der Waals surface area contributed by atoms with Crippen LogP contribution in [0.2, 0.25) is 0 Å². The number of carbonyl (C=O) groups excluding carboxylic acids is 4. The van der Waals surface area contributed by atoms with E-state index in [-0.39, 0.29) is 23.8 Å². The molecule has 0 radical (unpaired) electrons. The Hall–Kier alpha value is -3.92.